The van der Waals surface area contributed by atoms with Crippen molar-refractivity contribution in [2.24, 2.45) is 0 Å². The number of halogens is 1. The van der Waals surface area contributed by atoms with Crippen molar-refractivity contribution in [3.63, 3.8) is 0 Å². The zero-order valence-corrected chi connectivity index (χ0v) is 14.9. The van der Waals surface area contributed by atoms with Gasteiger partial charge in [0.1, 0.15) is 5.75 Å². The van der Waals surface area contributed by atoms with Crippen LogP contribution in [0.15, 0.2) is 28.8 Å². The van der Waals surface area contributed by atoms with Crippen LogP contribution in [0.1, 0.15) is 32.5 Å². The van der Waals surface area contributed by atoms with E-state index in [9.17, 15) is 4.79 Å². The summed E-state index contributed by atoms with van der Waals surface area (Å²) >= 11 is 2.21. The fourth-order valence-corrected chi connectivity index (χ4v) is 1.90. The molecule has 1 N–H and O–H groups in total. The van der Waals surface area contributed by atoms with Gasteiger partial charge < -0.3 is 14.6 Å². The van der Waals surface area contributed by atoms with Gasteiger partial charge in [-0.2, -0.15) is 4.98 Å². The molecule has 0 aliphatic rings. The van der Waals surface area contributed by atoms with Crippen LogP contribution in [0.2, 0.25) is 0 Å². The van der Waals surface area contributed by atoms with Crippen molar-refractivity contribution >= 4 is 28.5 Å². The molecule has 1 amide bonds. The van der Waals surface area contributed by atoms with Crippen LogP contribution in [-0.4, -0.2) is 22.7 Å². The number of nitrogens with zero attached hydrogens (tertiary/aromatic N) is 2. The van der Waals surface area contributed by atoms with Crippen LogP contribution >= 0.6 is 22.6 Å². The molecule has 1 aromatic carbocycles. The second kappa shape index (κ2) is 7.08. The Labute approximate surface area is 142 Å². The number of ether oxygens (including phenoxy) is 1. The zero-order chi connectivity index (χ0) is 16.2. The number of rotatable bonds is 5. The molecule has 0 saturated heterocycles. The van der Waals surface area contributed by atoms with E-state index in [0.717, 1.165) is 3.57 Å². The number of carbonyl (C=O) groups excluding carboxylic acids is 1. The maximum Gasteiger partial charge on any atom is 0.258 e. The Hall–Kier alpha value is -1.64. The molecular weight excluding hydrogens is 397 g/mol. The highest BCUT2D eigenvalue weighted by atomic mass is 127. The molecule has 0 radical (unpaired) electrons. The summed E-state index contributed by atoms with van der Waals surface area (Å²) in [6.07, 6.45) is 0. The SMILES string of the molecule is CC(C)(C)c1nc(CNC(=O)COc2ccc(I)cc2)no1. The van der Waals surface area contributed by atoms with Crippen LogP contribution in [0, 0.1) is 3.57 Å². The van der Waals surface area contributed by atoms with Crippen LogP contribution in [0.4, 0.5) is 0 Å². The van der Waals surface area contributed by atoms with Crippen LogP contribution in [-0.2, 0) is 16.8 Å². The van der Waals surface area contributed by atoms with E-state index in [0.29, 0.717) is 17.5 Å². The third-order valence-electron chi connectivity index (χ3n) is 2.74. The number of benzene rings is 1. The standard InChI is InChI=1S/C15H18IN3O3/c1-15(2,3)14-18-12(19-22-14)8-17-13(20)9-21-11-6-4-10(16)5-7-11/h4-7H,8-9H2,1-3H3,(H,17,20). The van der Waals surface area contributed by atoms with Gasteiger partial charge in [0.05, 0.1) is 6.54 Å². The highest BCUT2D eigenvalue weighted by Gasteiger charge is 2.21. The van der Waals surface area contributed by atoms with Gasteiger partial charge in [0.25, 0.3) is 5.91 Å². The number of amides is 1. The van der Waals surface area contributed by atoms with Crippen LogP contribution in [0.25, 0.3) is 0 Å². The third kappa shape index (κ3) is 4.97. The van der Waals surface area contributed by atoms with E-state index in [2.05, 4.69) is 38.0 Å². The van der Waals surface area contributed by atoms with E-state index >= 15 is 0 Å². The lowest BCUT2D eigenvalue weighted by Gasteiger charge is -2.10. The van der Waals surface area contributed by atoms with Crippen LogP contribution < -0.4 is 10.1 Å². The molecule has 118 valence electrons. The Bertz CT molecular complexity index is 632. The Morgan fingerprint density at radius 3 is 2.59 bits per heavy atom. The normalized spacial score (nSPS) is 11.3. The molecule has 0 spiro atoms. The van der Waals surface area contributed by atoms with Crippen LogP contribution in [0.5, 0.6) is 5.75 Å². The van der Waals surface area contributed by atoms with Gasteiger partial charge in [-0.25, -0.2) is 0 Å². The molecule has 0 aliphatic heterocycles. The molecule has 0 bridgehead atoms. The first-order chi connectivity index (χ1) is 10.3. The highest BCUT2D eigenvalue weighted by molar-refractivity contribution is 14.1. The molecule has 0 fully saturated rings. The number of hydrogen-bond acceptors (Lipinski definition) is 5. The molecule has 7 heteroatoms. The Morgan fingerprint density at radius 1 is 1.32 bits per heavy atom. The number of nitrogens with one attached hydrogen (secondary N) is 1. The lowest BCUT2D eigenvalue weighted by molar-refractivity contribution is -0.123. The lowest BCUT2D eigenvalue weighted by Crippen LogP contribution is -2.28. The Balaban J connectivity index is 1.78. The summed E-state index contributed by atoms with van der Waals surface area (Å²) in [5, 5.41) is 6.54. The van der Waals surface area contributed by atoms with E-state index in [-0.39, 0.29) is 24.5 Å². The van der Waals surface area contributed by atoms with E-state index in [1.54, 1.807) is 0 Å². The first-order valence-corrected chi connectivity index (χ1v) is 7.90. The monoisotopic (exact) mass is 415 g/mol. The molecule has 0 aliphatic carbocycles. The van der Waals surface area contributed by atoms with Crippen molar-refractivity contribution in [3.8, 4) is 5.75 Å². The van der Waals surface area contributed by atoms with Gasteiger partial charge in [-0.3, -0.25) is 4.79 Å². The van der Waals surface area contributed by atoms with Crippen molar-refractivity contribution in [3.05, 3.63) is 39.6 Å². The number of aromatic nitrogens is 2. The van der Waals surface area contributed by atoms with Gasteiger partial charge in [-0.1, -0.05) is 25.9 Å². The topological polar surface area (TPSA) is 77.2 Å². The molecule has 2 aromatic rings. The maximum absolute atomic E-state index is 11.7. The van der Waals surface area contributed by atoms with Crippen molar-refractivity contribution in [1.82, 2.24) is 15.5 Å². The first-order valence-electron chi connectivity index (χ1n) is 6.83. The van der Waals surface area contributed by atoms with E-state index in [4.69, 9.17) is 9.26 Å². The lowest BCUT2D eigenvalue weighted by atomic mass is 9.97. The first kappa shape index (κ1) is 16.7. The van der Waals surface area contributed by atoms with Crippen molar-refractivity contribution in [1.29, 1.82) is 0 Å². The minimum absolute atomic E-state index is 0.0510. The molecule has 22 heavy (non-hydrogen) atoms. The van der Waals surface area contributed by atoms with Gasteiger partial charge in [-0.15, -0.1) is 0 Å². The molecule has 0 unspecified atom stereocenters. The molecule has 1 aromatic heterocycles. The average Bonchev–Trinajstić information content (AvgIpc) is 2.93. The van der Waals surface area contributed by atoms with Crippen molar-refractivity contribution in [2.45, 2.75) is 32.7 Å². The quantitative estimate of drug-likeness (QED) is 0.760. The molecule has 0 saturated carbocycles. The summed E-state index contributed by atoms with van der Waals surface area (Å²) in [5.41, 5.74) is -0.205. The summed E-state index contributed by atoms with van der Waals surface area (Å²) in [6, 6.07) is 7.48. The predicted octanol–water partition coefficient (Wildman–Crippen LogP) is 2.67. The third-order valence-corrected chi connectivity index (χ3v) is 3.46. The van der Waals surface area contributed by atoms with Gasteiger partial charge in [0, 0.05) is 8.99 Å². The molecule has 2 rings (SSSR count). The van der Waals surface area contributed by atoms with Crippen molar-refractivity contribution < 1.29 is 14.1 Å². The van der Waals surface area contributed by atoms with Gasteiger partial charge in [-0.05, 0) is 46.9 Å². The molecular formula is C15H18IN3O3. The molecule has 6 nitrogen and oxygen atoms in total. The zero-order valence-electron chi connectivity index (χ0n) is 12.7. The molecule has 0 atom stereocenters. The summed E-state index contributed by atoms with van der Waals surface area (Å²) in [7, 11) is 0. The summed E-state index contributed by atoms with van der Waals surface area (Å²) in [5.74, 6) is 1.42. The fourth-order valence-electron chi connectivity index (χ4n) is 1.54. The Morgan fingerprint density at radius 2 is 2.00 bits per heavy atom. The summed E-state index contributed by atoms with van der Waals surface area (Å²) in [4.78, 5) is 16.0. The Kier molecular flexibility index (Phi) is 5.38. The minimum atomic E-state index is -0.236. The maximum atomic E-state index is 11.7. The summed E-state index contributed by atoms with van der Waals surface area (Å²) < 4.78 is 11.7. The van der Waals surface area contributed by atoms with E-state index in [1.165, 1.54) is 0 Å². The molecule has 1 heterocycles. The highest BCUT2D eigenvalue weighted by Crippen LogP contribution is 2.19. The summed E-state index contributed by atoms with van der Waals surface area (Å²) in [6.45, 7) is 6.12. The van der Waals surface area contributed by atoms with Crippen LogP contribution in [0.3, 0.4) is 0 Å². The van der Waals surface area contributed by atoms with E-state index in [1.807, 2.05) is 45.0 Å². The van der Waals surface area contributed by atoms with Gasteiger partial charge >= 0.3 is 0 Å². The number of hydrogen-bond donors (Lipinski definition) is 1. The van der Waals surface area contributed by atoms with Gasteiger partial charge in [0.2, 0.25) is 5.89 Å². The second-order valence-corrected chi connectivity index (χ2v) is 7.03. The fraction of sp³-hybridized carbons (Fsp3) is 0.400. The predicted molar refractivity (Wildman–Crippen MR) is 89.5 cm³/mol. The number of carbonyl (C=O) groups is 1. The second-order valence-electron chi connectivity index (χ2n) is 5.79. The van der Waals surface area contributed by atoms with Crippen molar-refractivity contribution in [2.75, 3.05) is 6.61 Å². The smallest absolute Gasteiger partial charge is 0.258 e. The minimum Gasteiger partial charge on any atom is -0.484 e. The van der Waals surface area contributed by atoms with Gasteiger partial charge in [0.15, 0.2) is 12.4 Å². The largest absolute Gasteiger partial charge is 0.484 e. The van der Waals surface area contributed by atoms with E-state index < -0.39 is 0 Å². The average molecular weight is 415 g/mol.